The maximum absolute atomic E-state index is 2.84. The molecule has 4 aromatic carbocycles. The van der Waals surface area contributed by atoms with Crippen LogP contribution in [0.15, 0.2) is 54.6 Å². The van der Waals surface area contributed by atoms with E-state index in [-0.39, 0.29) is 55.4 Å². The number of anilines is 6. The van der Waals surface area contributed by atoms with E-state index in [9.17, 15) is 0 Å². The average Bonchev–Trinajstić information content (AvgIpc) is 3.67. The van der Waals surface area contributed by atoms with E-state index in [1.807, 2.05) is 0 Å². The van der Waals surface area contributed by atoms with Crippen molar-refractivity contribution in [1.29, 1.82) is 0 Å². The summed E-state index contributed by atoms with van der Waals surface area (Å²) >= 11 is 2.18. The van der Waals surface area contributed by atoms with Crippen LogP contribution in [0.1, 0.15) is 238 Å². The highest BCUT2D eigenvalue weighted by Gasteiger charge is 2.53. The van der Waals surface area contributed by atoms with Crippen molar-refractivity contribution in [3.63, 3.8) is 0 Å². The van der Waals surface area contributed by atoms with Crippen LogP contribution in [0.5, 0.6) is 0 Å². The van der Waals surface area contributed by atoms with E-state index >= 15 is 0 Å². The topological polar surface area (TPSA) is 6.48 Å². The van der Waals surface area contributed by atoms with Crippen molar-refractivity contribution in [1.82, 2.24) is 0 Å². The number of benzene rings is 4. The number of rotatable bonds is 2. The summed E-state index contributed by atoms with van der Waals surface area (Å²) in [6, 6.07) is 23.8. The molecule has 4 aliphatic carbocycles. The van der Waals surface area contributed by atoms with Crippen molar-refractivity contribution in [3.8, 4) is 0 Å². The third kappa shape index (κ3) is 6.81. The van der Waals surface area contributed by atoms with Gasteiger partial charge in [-0.1, -0.05) is 150 Å². The van der Waals surface area contributed by atoms with Gasteiger partial charge in [0, 0.05) is 38.1 Å². The lowest BCUT2D eigenvalue weighted by Crippen LogP contribution is -2.61. The molecule has 11 rings (SSSR count). The number of hydrogen-bond donors (Lipinski definition) is 0. The smallest absolute Gasteiger partial charge is 0.264 e. The van der Waals surface area contributed by atoms with Crippen molar-refractivity contribution in [2.45, 2.75) is 239 Å². The fourth-order valence-corrected chi connectivity index (χ4v) is 16.2. The van der Waals surface area contributed by atoms with Crippen molar-refractivity contribution >= 4 is 67.9 Å². The molecule has 2 aliphatic heterocycles. The molecule has 0 spiro atoms. The molecule has 0 bridgehead atoms. The van der Waals surface area contributed by atoms with Crippen molar-refractivity contribution in [3.05, 3.63) is 110 Å². The molecule has 6 aliphatic rings. The monoisotopic (exact) mass is 937 g/mol. The van der Waals surface area contributed by atoms with Gasteiger partial charge >= 0.3 is 0 Å². The van der Waals surface area contributed by atoms with Gasteiger partial charge in [-0.05, 0) is 204 Å². The van der Waals surface area contributed by atoms with Crippen molar-refractivity contribution in [2.24, 2.45) is 0 Å². The molecule has 0 saturated heterocycles. The summed E-state index contributed by atoms with van der Waals surface area (Å²) in [7, 11) is 0. The Labute approximate surface area is 423 Å². The number of nitrogens with zero attached hydrogens (tertiary/aromatic N) is 2. The predicted molar refractivity (Wildman–Crippen MR) is 303 cm³/mol. The third-order valence-electron chi connectivity index (χ3n) is 19.9. The number of aryl methyl sites for hydroxylation is 1. The molecule has 364 valence electrons. The molecule has 0 atom stereocenters. The fourth-order valence-electron chi connectivity index (χ4n) is 14.5. The Morgan fingerprint density at radius 3 is 1.42 bits per heavy atom. The Morgan fingerprint density at radius 1 is 0.449 bits per heavy atom. The summed E-state index contributed by atoms with van der Waals surface area (Å²) in [6.45, 7) is 50.1. The summed E-state index contributed by atoms with van der Waals surface area (Å²) in [5.74, 6) is 0. The Bertz CT molecular complexity index is 3020. The van der Waals surface area contributed by atoms with Crippen molar-refractivity contribution in [2.75, 3.05) is 9.80 Å². The lowest BCUT2D eigenvalue weighted by atomic mass is 9.35. The number of thiophene rings is 1. The molecule has 3 heterocycles. The van der Waals surface area contributed by atoms with E-state index in [2.05, 4.69) is 214 Å². The van der Waals surface area contributed by atoms with E-state index in [0.717, 1.165) is 0 Å². The van der Waals surface area contributed by atoms with E-state index in [1.54, 1.807) is 26.3 Å². The van der Waals surface area contributed by atoms with Gasteiger partial charge in [0.2, 0.25) is 0 Å². The quantitative estimate of drug-likeness (QED) is 0.159. The van der Waals surface area contributed by atoms with Gasteiger partial charge in [0.15, 0.2) is 0 Å². The Kier molecular flexibility index (Phi) is 9.83. The molecule has 0 unspecified atom stereocenters. The minimum atomic E-state index is -0.0884. The minimum Gasteiger partial charge on any atom is -0.311 e. The molecular weight excluding hydrogens is 852 g/mol. The normalized spacial score (nSPS) is 23.2. The molecule has 0 amide bonds. The van der Waals surface area contributed by atoms with E-state index in [1.165, 1.54) is 130 Å². The molecule has 4 heteroatoms. The van der Waals surface area contributed by atoms with E-state index in [4.69, 9.17) is 0 Å². The predicted octanol–water partition coefficient (Wildman–Crippen LogP) is 16.8. The van der Waals surface area contributed by atoms with Crippen LogP contribution in [-0.4, -0.2) is 6.71 Å². The van der Waals surface area contributed by atoms with Gasteiger partial charge in [-0.15, -0.1) is 0 Å². The average molecular weight is 937 g/mol. The standard InChI is InChI=1S/C65H85BN2S/c1-38-31-42-45(62(13,14)27-25-59(42,7)8)36-48(38)68-49-37-46-44(61(11,12)26-28-63(46,15)16)35-47(49)66-53-50(32-39(33-51(53)68)57(2,3)4)67(40-21-22-41-43(34-40)60(9,10)24-23-58(41,5)6)54-52-55(69-56(54)66)65(19,20)30-29-64(52,17)18/h21-22,31-37H,23-30H2,1-20H3. The minimum absolute atomic E-state index is 0.0247. The van der Waals surface area contributed by atoms with Crippen LogP contribution in [-0.2, 0) is 48.7 Å². The Hall–Kier alpha value is -3.76. The SMILES string of the molecule is Cc1cc2c(cc1N1c3cc4c(cc3B3c5sc6c(c5N(c5ccc7c(c5)C(C)(C)CCC7(C)C)c5cc(C(C)(C)C)cc1c53)C(C)(C)CCC6(C)C)C(C)(C)CCC4(C)C)C(C)(C)CCC2(C)C. The van der Waals surface area contributed by atoms with Crippen LogP contribution in [0, 0.1) is 6.92 Å². The Morgan fingerprint density at radius 2 is 0.884 bits per heavy atom. The third-order valence-corrected chi connectivity index (χ3v) is 21.5. The maximum Gasteiger partial charge on any atom is 0.264 e. The van der Waals surface area contributed by atoms with E-state index < -0.39 is 0 Å². The highest BCUT2D eigenvalue weighted by atomic mass is 32.1. The first-order chi connectivity index (χ1) is 31.7. The van der Waals surface area contributed by atoms with Gasteiger partial charge in [0.05, 0.1) is 5.69 Å². The van der Waals surface area contributed by atoms with Crippen LogP contribution in [0.25, 0.3) is 0 Å². The summed E-state index contributed by atoms with van der Waals surface area (Å²) in [6.07, 6.45) is 9.61. The first-order valence-electron chi connectivity index (χ1n) is 27.1. The maximum atomic E-state index is 2.84. The zero-order valence-corrected chi connectivity index (χ0v) is 47.5. The summed E-state index contributed by atoms with van der Waals surface area (Å²) in [5.41, 5.74) is 25.5. The molecule has 5 aromatic rings. The second-order valence-electron chi connectivity index (χ2n) is 29.7. The van der Waals surface area contributed by atoms with Crippen LogP contribution in [0.3, 0.4) is 0 Å². The van der Waals surface area contributed by atoms with Gasteiger partial charge in [-0.3, -0.25) is 0 Å². The highest BCUT2D eigenvalue weighted by Crippen LogP contribution is 2.59. The molecule has 69 heavy (non-hydrogen) atoms. The number of fused-ring (bicyclic) bond motifs is 9. The lowest BCUT2D eigenvalue weighted by Gasteiger charge is -2.49. The molecule has 2 nitrogen and oxygen atoms in total. The largest absolute Gasteiger partial charge is 0.311 e. The first kappa shape index (κ1) is 47.6. The summed E-state index contributed by atoms with van der Waals surface area (Å²) in [5, 5.41) is 0. The van der Waals surface area contributed by atoms with Gasteiger partial charge < -0.3 is 9.80 Å². The zero-order valence-electron chi connectivity index (χ0n) is 46.7. The molecule has 0 saturated carbocycles. The lowest BCUT2D eigenvalue weighted by molar-refractivity contribution is 0.331. The summed E-state index contributed by atoms with van der Waals surface area (Å²) < 4.78 is 1.55. The second-order valence-corrected chi connectivity index (χ2v) is 30.8. The van der Waals surface area contributed by atoms with Gasteiger partial charge in [0.25, 0.3) is 6.71 Å². The van der Waals surface area contributed by atoms with Gasteiger partial charge in [-0.2, -0.15) is 11.3 Å². The van der Waals surface area contributed by atoms with E-state index in [0.29, 0.717) is 0 Å². The van der Waals surface area contributed by atoms with Crippen LogP contribution in [0.2, 0.25) is 0 Å². The van der Waals surface area contributed by atoms with Crippen LogP contribution in [0.4, 0.5) is 34.1 Å². The van der Waals surface area contributed by atoms with Gasteiger partial charge in [0.1, 0.15) is 0 Å². The second kappa shape index (κ2) is 14.3. The fraction of sp³-hybridized carbons (Fsp3) is 0.569. The number of hydrogen-bond acceptors (Lipinski definition) is 3. The molecular formula is C65H85BN2S. The van der Waals surface area contributed by atoms with Crippen LogP contribution >= 0.6 is 11.3 Å². The molecule has 0 radical (unpaired) electrons. The molecule has 0 N–H and O–H groups in total. The molecule has 1 aromatic heterocycles. The van der Waals surface area contributed by atoms with Crippen LogP contribution < -0.4 is 25.5 Å². The first-order valence-corrected chi connectivity index (χ1v) is 28.0. The van der Waals surface area contributed by atoms with Crippen molar-refractivity contribution < 1.29 is 0 Å². The Balaban J connectivity index is 1.32. The molecule has 0 fully saturated rings. The zero-order chi connectivity index (χ0) is 49.9. The van der Waals surface area contributed by atoms with Gasteiger partial charge in [-0.25, -0.2) is 0 Å². The summed E-state index contributed by atoms with van der Waals surface area (Å²) in [4.78, 5) is 7.27. The highest BCUT2D eigenvalue weighted by molar-refractivity contribution is 7.29.